The summed E-state index contributed by atoms with van der Waals surface area (Å²) in [4.78, 5) is 18.4. The van der Waals surface area contributed by atoms with Crippen LogP contribution in [0.4, 0.5) is 0 Å². The number of ether oxygens (including phenoxy) is 1. The van der Waals surface area contributed by atoms with E-state index in [1.165, 1.54) is 0 Å². The van der Waals surface area contributed by atoms with E-state index in [2.05, 4.69) is 4.98 Å². The molecule has 0 N–H and O–H groups in total. The van der Waals surface area contributed by atoms with Crippen molar-refractivity contribution in [3.05, 3.63) is 53.2 Å². The molecule has 140 valence electrons. The SMILES string of the molecule is COC(c1ccccc1)c1nc2c(o1)CCN(C(=O)CCS(C)(=O)=O)C2. The number of hydrogen-bond donors (Lipinski definition) is 0. The van der Waals surface area contributed by atoms with E-state index in [0.29, 0.717) is 31.1 Å². The first-order valence-corrected chi connectivity index (χ1v) is 10.4. The molecule has 2 aromatic rings. The molecule has 3 rings (SSSR count). The first-order chi connectivity index (χ1) is 12.4. The number of carbonyl (C=O) groups is 1. The lowest BCUT2D eigenvalue weighted by Crippen LogP contribution is -2.36. The number of oxazole rings is 1. The van der Waals surface area contributed by atoms with Crippen molar-refractivity contribution in [2.75, 3.05) is 25.7 Å². The van der Waals surface area contributed by atoms with E-state index in [9.17, 15) is 13.2 Å². The van der Waals surface area contributed by atoms with Crippen molar-refractivity contribution in [1.29, 1.82) is 0 Å². The molecule has 0 aliphatic carbocycles. The number of rotatable bonds is 6. The molecule has 0 saturated carbocycles. The molecule has 26 heavy (non-hydrogen) atoms. The van der Waals surface area contributed by atoms with Gasteiger partial charge < -0.3 is 14.1 Å². The van der Waals surface area contributed by atoms with Crippen LogP contribution in [0.5, 0.6) is 0 Å². The third kappa shape index (κ3) is 4.31. The largest absolute Gasteiger partial charge is 0.442 e. The van der Waals surface area contributed by atoms with Crippen LogP contribution in [0.15, 0.2) is 34.7 Å². The number of methoxy groups -OCH3 is 1. The Morgan fingerprint density at radius 2 is 2.08 bits per heavy atom. The fourth-order valence-electron chi connectivity index (χ4n) is 2.98. The minimum absolute atomic E-state index is 0.0103. The number of fused-ring (bicyclic) bond motifs is 1. The van der Waals surface area contributed by atoms with Crippen LogP contribution in [0.3, 0.4) is 0 Å². The molecule has 1 atom stereocenters. The van der Waals surface area contributed by atoms with Crippen molar-refractivity contribution in [3.63, 3.8) is 0 Å². The van der Waals surface area contributed by atoms with Gasteiger partial charge in [0.25, 0.3) is 0 Å². The number of sulfone groups is 1. The zero-order valence-electron chi connectivity index (χ0n) is 14.8. The summed E-state index contributed by atoms with van der Waals surface area (Å²) in [5.41, 5.74) is 1.65. The molecular formula is C18H22N2O5S. The van der Waals surface area contributed by atoms with Crippen molar-refractivity contribution in [1.82, 2.24) is 9.88 Å². The molecule has 2 heterocycles. The molecule has 7 nitrogen and oxygen atoms in total. The lowest BCUT2D eigenvalue weighted by atomic mass is 10.1. The molecule has 1 aromatic heterocycles. The van der Waals surface area contributed by atoms with E-state index < -0.39 is 15.9 Å². The van der Waals surface area contributed by atoms with Gasteiger partial charge in [-0.2, -0.15) is 0 Å². The Hall–Kier alpha value is -2.19. The molecule has 0 fully saturated rings. The van der Waals surface area contributed by atoms with E-state index in [4.69, 9.17) is 9.15 Å². The second-order valence-electron chi connectivity index (χ2n) is 6.39. The fraction of sp³-hybridized carbons (Fsp3) is 0.444. The Bertz CT molecular complexity index is 876. The molecule has 1 aliphatic rings. The van der Waals surface area contributed by atoms with Crippen molar-refractivity contribution < 1.29 is 22.4 Å². The predicted molar refractivity (Wildman–Crippen MR) is 95.2 cm³/mol. The maximum absolute atomic E-state index is 12.3. The van der Waals surface area contributed by atoms with E-state index in [0.717, 1.165) is 17.6 Å². The summed E-state index contributed by atoms with van der Waals surface area (Å²) in [5.74, 6) is 0.898. The van der Waals surface area contributed by atoms with Gasteiger partial charge in [-0.05, 0) is 5.56 Å². The summed E-state index contributed by atoms with van der Waals surface area (Å²) in [5, 5.41) is 0. The molecule has 0 bridgehead atoms. The average molecular weight is 378 g/mol. The van der Waals surface area contributed by atoms with Crippen LogP contribution in [-0.2, 0) is 32.3 Å². The predicted octanol–water partition coefficient (Wildman–Crippen LogP) is 1.73. The summed E-state index contributed by atoms with van der Waals surface area (Å²) < 4.78 is 33.9. The second kappa shape index (κ2) is 7.59. The highest BCUT2D eigenvalue weighted by Gasteiger charge is 2.28. The highest BCUT2D eigenvalue weighted by atomic mass is 32.2. The van der Waals surface area contributed by atoms with Gasteiger partial charge in [0.05, 0.1) is 12.3 Å². The zero-order valence-corrected chi connectivity index (χ0v) is 15.7. The van der Waals surface area contributed by atoms with Crippen molar-refractivity contribution in [2.24, 2.45) is 0 Å². The molecule has 0 saturated heterocycles. The summed E-state index contributed by atoms with van der Waals surface area (Å²) >= 11 is 0. The quantitative estimate of drug-likeness (QED) is 0.760. The van der Waals surface area contributed by atoms with Gasteiger partial charge in [-0.25, -0.2) is 13.4 Å². The number of carbonyl (C=O) groups excluding carboxylic acids is 1. The van der Waals surface area contributed by atoms with Crippen LogP contribution in [0, 0.1) is 0 Å². The summed E-state index contributed by atoms with van der Waals surface area (Å²) in [6.07, 6.45) is 1.27. The van der Waals surface area contributed by atoms with Gasteiger partial charge in [-0.1, -0.05) is 30.3 Å². The Morgan fingerprint density at radius 3 is 2.73 bits per heavy atom. The monoisotopic (exact) mass is 378 g/mol. The van der Waals surface area contributed by atoms with E-state index >= 15 is 0 Å². The normalized spacial score (nSPS) is 15.5. The third-order valence-corrected chi connectivity index (χ3v) is 5.29. The number of aromatic nitrogens is 1. The second-order valence-corrected chi connectivity index (χ2v) is 8.65. The van der Waals surface area contributed by atoms with E-state index in [-0.39, 0.29) is 18.1 Å². The van der Waals surface area contributed by atoms with E-state index in [1.807, 2.05) is 30.3 Å². The van der Waals surface area contributed by atoms with Gasteiger partial charge in [0.15, 0.2) is 6.10 Å². The lowest BCUT2D eigenvalue weighted by molar-refractivity contribution is -0.131. The van der Waals surface area contributed by atoms with Crippen LogP contribution in [0.25, 0.3) is 0 Å². The molecule has 0 radical (unpaired) electrons. The average Bonchev–Trinajstić information content (AvgIpc) is 3.03. The van der Waals surface area contributed by atoms with Crippen molar-refractivity contribution in [2.45, 2.75) is 25.5 Å². The van der Waals surface area contributed by atoms with Gasteiger partial charge in [0.2, 0.25) is 11.8 Å². The zero-order chi connectivity index (χ0) is 18.7. The van der Waals surface area contributed by atoms with Crippen molar-refractivity contribution in [3.8, 4) is 0 Å². The Kier molecular flexibility index (Phi) is 5.43. The highest BCUT2D eigenvalue weighted by molar-refractivity contribution is 7.90. The maximum atomic E-state index is 12.3. The molecule has 8 heteroatoms. The molecule has 1 aliphatic heterocycles. The molecule has 0 spiro atoms. The molecule has 1 aromatic carbocycles. The van der Waals surface area contributed by atoms with Gasteiger partial charge in [-0.3, -0.25) is 4.79 Å². The fourth-order valence-corrected chi connectivity index (χ4v) is 3.53. The van der Waals surface area contributed by atoms with Crippen LogP contribution in [0.2, 0.25) is 0 Å². The summed E-state index contributed by atoms with van der Waals surface area (Å²) in [6, 6.07) is 9.66. The number of amides is 1. The molecular weight excluding hydrogens is 356 g/mol. The smallest absolute Gasteiger partial charge is 0.228 e. The molecule has 1 amide bonds. The van der Waals surface area contributed by atoms with Crippen LogP contribution < -0.4 is 0 Å². The van der Waals surface area contributed by atoms with Crippen LogP contribution >= 0.6 is 0 Å². The van der Waals surface area contributed by atoms with Gasteiger partial charge in [-0.15, -0.1) is 0 Å². The van der Waals surface area contributed by atoms with Crippen molar-refractivity contribution >= 4 is 15.7 Å². The number of nitrogens with zero attached hydrogens (tertiary/aromatic N) is 2. The van der Waals surface area contributed by atoms with Crippen LogP contribution in [0.1, 0.15) is 35.4 Å². The topological polar surface area (TPSA) is 89.7 Å². The van der Waals surface area contributed by atoms with Gasteiger partial charge in [0.1, 0.15) is 21.3 Å². The number of benzene rings is 1. The van der Waals surface area contributed by atoms with Gasteiger partial charge >= 0.3 is 0 Å². The minimum Gasteiger partial charge on any atom is -0.442 e. The maximum Gasteiger partial charge on any atom is 0.228 e. The standard InChI is InChI=1S/C18H22N2O5S/c1-24-17(13-6-4-3-5-7-13)18-19-14-12-20(10-8-15(14)25-18)16(21)9-11-26(2,22)23/h3-7,17H,8-12H2,1-2H3. The minimum atomic E-state index is -3.16. The first kappa shape index (κ1) is 18.6. The van der Waals surface area contributed by atoms with Gasteiger partial charge in [0, 0.05) is 32.8 Å². The molecule has 1 unspecified atom stereocenters. The third-order valence-electron chi connectivity index (χ3n) is 4.35. The highest BCUT2D eigenvalue weighted by Crippen LogP contribution is 2.29. The Labute approximate surface area is 152 Å². The summed E-state index contributed by atoms with van der Waals surface area (Å²) in [7, 11) is -1.56. The van der Waals surface area contributed by atoms with E-state index in [1.54, 1.807) is 12.0 Å². The Morgan fingerprint density at radius 1 is 1.35 bits per heavy atom. The summed E-state index contributed by atoms with van der Waals surface area (Å²) in [6.45, 7) is 0.819. The lowest BCUT2D eigenvalue weighted by Gasteiger charge is -2.25. The Balaban J connectivity index is 1.73. The number of hydrogen-bond acceptors (Lipinski definition) is 6. The van der Waals surface area contributed by atoms with Crippen LogP contribution in [-0.4, -0.2) is 49.9 Å². The first-order valence-electron chi connectivity index (χ1n) is 8.39.